The predicted octanol–water partition coefficient (Wildman–Crippen LogP) is 4.09. The van der Waals surface area contributed by atoms with Crippen LogP contribution in [0.25, 0.3) is 0 Å². The Morgan fingerprint density at radius 1 is 1.32 bits per heavy atom. The average Bonchev–Trinajstić information content (AvgIpc) is 2.39. The molecule has 1 atom stereocenters. The zero-order valence-corrected chi connectivity index (χ0v) is 12.6. The predicted molar refractivity (Wildman–Crippen MR) is 81.8 cm³/mol. The molecule has 19 heavy (non-hydrogen) atoms. The molecule has 1 unspecified atom stereocenters. The summed E-state index contributed by atoms with van der Waals surface area (Å²) in [7, 11) is 0. The SMILES string of the molecule is CCC(CCN)CCC(=O)Nc1c(Cl)cccc1Cl. The van der Waals surface area contributed by atoms with Crippen LogP contribution in [0.3, 0.4) is 0 Å². The van der Waals surface area contributed by atoms with Crippen molar-refractivity contribution in [2.24, 2.45) is 11.7 Å². The Morgan fingerprint density at radius 3 is 2.47 bits per heavy atom. The van der Waals surface area contributed by atoms with Gasteiger partial charge >= 0.3 is 0 Å². The van der Waals surface area contributed by atoms with E-state index in [-0.39, 0.29) is 5.91 Å². The summed E-state index contributed by atoms with van der Waals surface area (Å²) in [5, 5.41) is 3.67. The Labute approximate surface area is 124 Å². The third-order valence-corrected chi connectivity index (χ3v) is 3.79. The number of halogens is 2. The van der Waals surface area contributed by atoms with E-state index >= 15 is 0 Å². The van der Waals surface area contributed by atoms with Gasteiger partial charge < -0.3 is 11.1 Å². The van der Waals surface area contributed by atoms with Gasteiger partial charge in [0.1, 0.15) is 0 Å². The first-order chi connectivity index (χ1) is 9.08. The number of nitrogens with two attached hydrogens (primary N) is 1. The molecule has 0 aliphatic heterocycles. The fourth-order valence-corrected chi connectivity index (χ4v) is 2.43. The van der Waals surface area contributed by atoms with Crippen LogP contribution in [0.15, 0.2) is 18.2 Å². The molecule has 0 radical (unpaired) electrons. The second-order valence-electron chi connectivity index (χ2n) is 4.54. The molecule has 0 fully saturated rings. The molecule has 0 bridgehead atoms. The standard InChI is InChI=1S/C14H20Cl2N2O/c1-2-10(8-9-17)6-7-13(19)18-14-11(15)4-3-5-12(14)16/h3-5,10H,2,6-9,17H2,1H3,(H,18,19). The molecule has 0 aromatic heterocycles. The van der Waals surface area contributed by atoms with Gasteiger partial charge in [-0.25, -0.2) is 0 Å². The number of carbonyl (C=O) groups is 1. The minimum atomic E-state index is -0.0644. The summed E-state index contributed by atoms with van der Waals surface area (Å²) in [5.41, 5.74) is 6.03. The van der Waals surface area contributed by atoms with Gasteiger partial charge in [0.25, 0.3) is 0 Å². The molecule has 0 saturated carbocycles. The Kier molecular flexibility index (Phi) is 7.21. The van der Waals surface area contributed by atoms with Crippen molar-refractivity contribution in [3.63, 3.8) is 0 Å². The normalized spacial score (nSPS) is 12.2. The van der Waals surface area contributed by atoms with Gasteiger partial charge in [-0.05, 0) is 37.4 Å². The third kappa shape index (κ3) is 5.39. The molecule has 5 heteroatoms. The summed E-state index contributed by atoms with van der Waals surface area (Å²) in [4.78, 5) is 11.9. The molecule has 1 rings (SSSR count). The highest BCUT2D eigenvalue weighted by Gasteiger charge is 2.12. The number of para-hydroxylation sites is 1. The van der Waals surface area contributed by atoms with Crippen LogP contribution in [0, 0.1) is 5.92 Å². The lowest BCUT2D eigenvalue weighted by Gasteiger charge is -2.14. The lowest BCUT2D eigenvalue weighted by Crippen LogP contribution is -2.15. The van der Waals surface area contributed by atoms with Crippen molar-refractivity contribution >= 4 is 34.8 Å². The van der Waals surface area contributed by atoms with E-state index < -0.39 is 0 Å². The number of hydrogen-bond acceptors (Lipinski definition) is 2. The molecule has 1 amide bonds. The monoisotopic (exact) mass is 302 g/mol. The zero-order chi connectivity index (χ0) is 14.3. The van der Waals surface area contributed by atoms with Crippen LogP contribution < -0.4 is 11.1 Å². The Hall–Kier alpha value is -0.770. The van der Waals surface area contributed by atoms with E-state index in [1.807, 2.05) is 0 Å². The van der Waals surface area contributed by atoms with Gasteiger partial charge in [0, 0.05) is 6.42 Å². The maximum Gasteiger partial charge on any atom is 0.224 e. The molecule has 1 aromatic carbocycles. The van der Waals surface area contributed by atoms with Crippen molar-refractivity contribution in [3.8, 4) is 0 Å². The lowest BCUT2D eigenvalue weighted by molar-refractivity contribution is -0.116. The topological polar surface area (TPSA) is 55.1 Å². The summed E-state index contributed by atoms with van der Waals surface area (Å²) in [6.45, 7) is 2.78. The molecular formula is C14H20Cl2N2O. The molecule has 0 saturated heterocycles. The number of carbonyl (C=O) groups excluding carboxylic acids is 1. The minimum Gasteiger partial charge on any atom is -0.330 e. The van der Waals surface area contributed by atoms with Crippen LogP contribution in [-0.4, -0.2) is 12.5 Å². The van der Waals surface area contributed by atoms with Crippen molar-refractivity contribution < 1.29 is 4.79 Å². The molecule has 3 N–H and O–H groups in total. The smallest absolute Gasteiger partial charge is 0.224 e. The number of amides is 1. The van der Waals surface area contributed by atoms with Crippen molar-refractivity contribution in [1.29, 1.82) is 0 Å². The van der Waals surface area contributed by atoms with Gasteiger partial charge in [0.2, 0.25) is 5.91 Å². The maximum absolute atomic E-state index is 11.9. The van der Waals surface area contributed by atoms with Crippen LogP contribution in [0.1, 0.15) is 32.6 Å². The van der Waals surface area contributed by atoms with Crippen molar-refractivity contribution in [2.45, 2.75) is 32.6 Å². The second kappa shape index (κ2) is 8.41. The fraction of sp³-hybridized carbons (Fsp3) is 0.500. The van der Waals surface area contributed by atoms with Gasteiger partial charge in [-0.3, -0.25) is 4.79 Å². The van der Waals surface area contributed by atoms with Crippen LogP contribution in [0.4, 0.5) is 5.69 Å². The van der Waals surface area contributed by atoms with E-state index in [4.69, 9.17) is 28.9 Å². The van der Waals surface area contributed by atoms with E-state index in [1.165, 1.54) is 0 Å². The molecule has 106 valence electrons. The number of rotatable bonds is 7. The lowest BCUT2D eigenvalue weighted by atomic mass is 9.96. The zero-order valence-electron chi connectivity index (χ0n) is 11.1. The second-order valence-corrected chi connectivity index (χ2v) is 5.35. The third-order valence-electron chi connectivity index (χ3n) is 3.16. The van der Waals surface area contributed by atoms with E-state index in [9.17, 15) is 4.79 Å². The number of nitrogens with one attached hydrogen (secondary N) is 1. The van der Waals surface area contributed by atoms with Gasteiger partial charge in [-0.2, -0.15) is 0 Å². The highest BCUT2D eigenvalue weighted by atomic mass is 35.5. The number of anilines is 1. The molecule has 1 aromatic rings. The Balaban J connectivity index is 2.51. The summed E-state index contributed by atoms with van der Waals surface area (Å²) in [6.07, 6.45) is 3.29. The van der Waals surface area contributed by atoms with Crippen molar-refractivity contribution in [3.05, 3.63) is 28.2 Å². The first-order valence-electron chi connectivity index (χ1n) is 6.52. The van der Waals surface area contributed by atoms with Crippen LogP contribution in [0.2, 0.25) is 10.0 Å². The van der Waals surface area contributed by atoms with E-state index in [0.29, 0.717) is 34.6 Å². The summed E-state index contributed by atoms with van der Waals surface area (Å²) >= 11 is 12.0. The highest BCUT2D eigenvalue weighted by Crippen LogP contribution is 2.30. The first kappa shape index (κ1) is 16.3. The highest BCUT2D eigenvalue weighted by molar-refractivity contribution is 6.39. The van der Waals surface area contributed by atoms with E-state index in [0.717, 1.165) is 19.3 Å². The van der Waals surface area contributed by atoms with Gasteiger partial charge in [-0.1, -0.05) is 42.6 Å². The molecular weight excluding hydrogens is 283 g/mol. The Bertz CT molecular complexity index is 404. The molecule has 0 aliphatic rings. The molecule has 0 aliphatic carbocycles. The largest absolute Gasteiger partial charge is 0.330 e. The molecule has 0 spiro atoms. The average molecular weight is 303 g/mol. The van der Waals surface area contributed by atoms with Crippen LogP contribution >= 0.6 is 23.2 Å². The minimum absolute atomic E-state index is 0.0644. The quantitative estimate of drug-likeness (QED) is 0.797. The van der Waals surface area contributed by atoms with Crippen LogP contribution in [0.5, 0.6) is 0 Å². The van der Waals surface area contributed by atoms with Gasteiger partial charge in [0.05, 0.1) is 15.7 Å². The van der Waals surface area contributed by atoms with Crippen molar-refractivity contribution in [1.82, 2.24) is 0 Å². The summed E-state index contributed by atoms with van der Waals surface area (Å²) in [5.74, 6) is 0.433. The van der Waals surface area contributed by atoms with Gasteiger partial charge in [0.15, 0.2) is 0 Å². The Morgan fingerprint density at radius 2 is 1.95 bits per heavy atom. The van der Waals surface area contributed by atoms with Crippen LogP contribution in [-0.2, 0) is 4.79 Å². The summed E-state index contributed by atoms with van der Waals surface area (Å²) in [6, 6.07) is 5.15. The van der Waals surface area contributed by atoms with E-state index in [1.54, 1.807) is 18.2 Å². The molecule has 0 heterocycles. The van der Waals surface area contributed by atoms with Crippen molar-refractivity contribution in [2.75, 3.05) is 11.9 Å². The first-order valence-corrected chi connectivity index (χ1v) is 7.28. The fourth-order valence-electron chi connectivity index (χ4n) is 1.94. The number of hydrogen-bond donors (Lipinski definition) is 2. The van der Waals surface area contributed by atoms with Gasteiger partial charge in [-0.15, -0.1) is 0 Å². The van der Waals surface area contributed by atoms with E-state index in [2.05, 4.69) is 12.2 Å². The maximum atomic E-state index is 11.9. The summed E-state index contributed by atoms with van der Waals surface area (Å²) < 4.78 is 0. The number of benzene rings is 1. The molecule has 3 nitrogen and oxygen atoms in total.